The van der Waals surface area contributed by atoms with Crippen LogP contribution in [0.2, 0.25) is 0 Å². The molecule has 8 nitrogen and oxygen atoms in total. The highest BCUT2D eigenvalue weighted by molar-refractivity contribution is 5.63. The van der Waals surface area contributed by atoms with Gasteiger partial charge in [-0.3, -0.25) is 0 Å². The van der Waals surface area contributed by atoms with Gasteiger partial charge >= 0.3 is 0 Å². The van der Waals surface area contributed by atoms with Crippen LogP contribution in [0, 0.1) is 17.8 Å². The number of nitrogens with one attached hydrogen (secondary N) is 1. The Balaban J connectivity index is 1.26. The normalized spacial score (nSPS) is 16.6. The minimum absolute atomic E-state index is 0.250. The van der Waals surface area contributed by atoms with Crippen molar-refractivity contribution in [2.75, 3.05) is 23.6 Å². The summed E-state index contributed by atoms with van der Waals surface area (Å²) in [5.74, 6) is 10.9. The van der Waals surface area contributed by atoms with E-state index in [1.54, 1.807) is 6.20 Å². The van der Waals surface area contributed by atoms with Crippen molar-refractivity contribution in [2.24, 2.45) is 5.92 Å². The van der Waals surface area contributed by atoms with Gasteiger partial charge in [0, 0.05) is 43.0 Å². The van der Waals surface area contributed by atoms with E-state index in [1.165, 1.54) is 12.8 Å². The Kier molecular flexibility index (Phi) is 3.98. The monoisotopic (exact) mass is 400 g/mol. The minimum atomic E-state index is 0.250. The molecule has 2 aromatic heterocycles. The molecule has 2 aliphatic heterocycles. The van der Waals surface area contributed by atoms with Gasteiger partial charge < -0.3 is 19.7 Å². The molecule has 150 valence electrons. The molecule has 1 saturated carbocycles. The van der Waals surface area contributed by atoms with Gasteiger partial charge in [-0.25, -0.2) is 9.67 Å². The van der Waals surface area contributed by atoms with Crippen LogP contribution in [0.4, 0.5) is 23.3 Å². The van der Waals surface area contributed by atoms with Crippen molar-refractivity contribution in [3.63, 3.8) is 0 Å². The molecule has 0 bridgehead atoms. The third-order valence-electron chi connectivity index (χ3n) is 5.31. The van der Waals surface area contributed by atoms with E-state index in [1.807, 2.05) is 28.9 Å². The Labute approximate surface area is 173 Å². The Hall–Kier alpha value is -3.73. The molecule has 0 amide bonds. The lowest BCUT2D eigenvalue weighted by molar-refractivity contribution is 0.174. The average Bonchev–Trinajstić information content (AvgIpc) is 3.31. The summed E-state index contributed by atoms with van der Waals surface area (Å²) >= 11 is 0. The lowest BCUT2D eigenvalue weighted by atomic mass is 10.3. The maximum Gasteiger partial charge on any atom is 0.231 e. The number of aryl methyl sites for hydroxylation is 1. The highest BCUT2D eigenvalue weighted by atomic mass is 16.7. The molecule has 1 aliphatic carbocycles. The summed E-state index contributed by atoms with van der Waals surface area (Å²) in [7, 11) is 0. The summed E-state index contributed by atoms with van der Waals surface area (Å²) in [6.07, 6.45) is 5.19. The van der Waals surface area contributed by atoms with Crippen molar-refractivity contribution < 1.29 is 9.47 Å². The highest BCUT2D eigenvalue weighted by Crippen LogP contribution is 2.35. The number of rotatable bonds is 3. The first-order chi connectivity index (χ1) is 14.8. The molecule has 1 fully saturated rings. The summed E-state index contributed by atoms with van der Waals surface area (Å²) in [6.45, 7) is 2.02. The van der Waals surface area contributed by atoms with Crippen molar-refractivity contribution >= 4 is 23.3 Å². The van der Waals surface area contributed by atoms with Crippen molar-refractivity contribution in [2.45, 2.75) is 25.8 Å². The molecule has 4 heterocycles. The van der Waals surface area contributed by atoms with Crippen molar-refractivity contribution in [3.05, 3.63) is 42.2 Å². The number of benzene rings is 1. The van der Waals surface area contributed by atoms with Crippen molar-refractivity contribution in [1.29, 1.82) is 0 Å². The van der Waals surface area contributed by atoms with Crippen LogP contribution in [0.1, 0.15) is 25.0 Å². The molecule has 0 spiro atoms. The van der Waals surface area contributed by atoms with E-state index in [0.29, 0.717) is 11.9 Å². The summed E-state index contributed by atoms with van der Waals surface area (Å²) in [6, 6.07) is 9.66. The Morgan fingerprint density at radius 1 is 1.07 bits per heavy atom. The minimum Gasteiger partial charge on any atom is -0.454 e. The van der Waals surface area contributed by atoms with Crippen LogP contribution in [-0.2, 0) is 6.54 Å². The molecule has 1 N–H and O–H groups in total. The largest absolute Gasteiger partial charge is 0.454 e. The predicted molar refractivity (Wildman–Crippen MR) is 111 cm³/mol. The van der Waals surface area contributed by atoms with Crippen LogP contribution in [0.15, 0.2) is 36.5 Å². The third-order valence-corrected chi connectivity index (χ3v) is 5.31. The van der Waals surface area contributed by atoms with E-state index in [4.69, 9.17) is 14.5 Å². The molecule has 0 saturated heterocycles. The van der Waals surface area contributed by atoms with E-state index in [2.05, 4.69) is 38.2 Å². The zero-order valence-corrected chi connectivity index (χ0v) is 16.3. The number of nitrogens with zero attached hydrogens (tertiary/aromatic N) is 5. The first kappa shape index (κ1) is 17.2. The molecule has 1 aromatic carbocycles. The molecule has 30 heavy (non-hydrogen) atoms. The average molecular weight is 400 g/mol. The van der Waals surface area contributed by atoms with E-state index >= 15 is 0 Å². The lowest BCUT2D eigenvalue weighted by Gasteiger charge is -2.28. The van der Waals surface area contributed by atoms with Crippen molar-refractivity contribution in [1.82, 2.24) is 19.7 Å². The van der Waals surface area contributed by atoms with Crippen LogP contribution >= 0.6 is 0 Å². The number of anilines is 4. The van der Waals surface area contributed by atoms with E-state index in [0.717, 1.165) is 54.0 Å². The summed E-state index contributed by atoms with van der Waals surface area (Å²) in [4.78, 5) is 11.3. The molecular weight excluding hydrogens is 380 g/mol. The van der Waals surface area contributed by atoms with E-state index in [9.17, 15) is 0 Å². The van der Waals surface area contributed by atoms with Gasteiger partial charge in [-0.15, -0.1) is 0 Å². The van der Waals surface area contributed by atoms with Gasteiger partial charge in [-0.2, -0.15) is 10.1 Å². The standard InChI is InChI=1S/C22H20N6O2/c1-10-27(21-13-17(26-28(21)11-1)5-4-15-2-3-15)20-8-9-23-22(25-20)24-16-6-7-18-19(12-16)30-14-29-18/h6-9,12-13,15H,1-3,10-11,14H2,(H,23,24,25). The quantitative estimate of drug-likeness (QED) is 0.675. The zero-order chi connectivity index (χ0) is 19.9. The number of hydrogen-bond donors (Lipinski definition) is 1. The van der Waals surface area contributed by atoms with Gasteiger partial charge in [-0.05, 0) is 43.4 Å². The van der Waals surface area contributed by atoms with E-state index < -0.39 is 0 Å². The molecule has 3 aliphatic rings. The fraction of sp³-hybridized carbons (Fsp3) is 0.318. The summed E-state index contributed by atoms with van der Waals surface area (Å²) in [5.41, 5.74) is 1.68. The Morgan fingerprint density at radius 2 is 2.00 bits per heavy atom. The van der Waals surface area contributed by atoms with Gasteiger partial charge in [0.25, 0.3) is 0 Å². The molecule has 0 unspecified atom stereocenters. The van der Waals surface area contributed by atoms with Crippen LogP contribution in [0.25, 0.3) is 0 Å². The fourth-order valence-corrected chi connectivity index (χ4v) is 3.64. The van der Waals surface area contributed by atoms with Crippen LogP contribution in [0.3, 0.4) is 0 Å². The Bertz CT molecular complexity index is 1170. The van der Waals surface area contributed by atoms with Crippen LogP contribution in [0.5, 0.6) is 11.5 Å². The number of fused-ring (bicyclic) bond motifs is 2. The summed E-state index contributed by atoms with van der Waals surface area (Å²) < 4.78 is 12.8. The predicted octanol–water partition coefficient (Wildman–Crippen LogP) is 3.45. The summed E-state index contributed by atoms with van der Waals surface area (Å²) in [5, 5.41) is 7.92. The third kappa shape index (κ3) is 3.28. The number of ether oxygens (including phenoxy) is 2. The van der Waals surface area contributed by atoms with Gasteiger partial charge in [0.1, 0.15) is 17.3 Å². The maximum absolute atomic E-state index is 5.44. The van der Waals surface area contributed by atoms with Gasteiger partial charge in [0.05, 0.1) is 0 Å². The van der Waals surface area contributed by atoms with Crippen LogP contribution < -0.4 is 19.7 Å². The van der Waals surface area contributed by atoms with Gasteiger partial charge in [-0.1, -0.05) is 5.92 Å². The molecular formula is C22H20N6O2. The van der Waals surface area contributed by atoms with Gasteiger partial charge in [0.2, 0.25) is 12.7 Å². The molecule has 0 radical (unpaired) electrons. The zero-order valence-electron chi connectivity index (χ0n) is 16.3. The van der Waals surface area contributed by atoms with Crippen LogP contribution in [-0.4, -0.2) is 33.1 Å². The molecule has 0 atom stereocenters. The van der Waals surface area contributed by atoms with Crippen molar-refractivity contribution in [3.8, 4) is 23.3 Å². The molecule has 6 rings (SSSR count). The second kappa shape index (κ2) is 6.95. The SMILES string of the molecule is C(#CC1CC1)c1cc2n(n1)CCCN2c1ccnc(Nc2ccc3c(c2)OCO3)n1. The molecule has 3 aromatic rings. The lowest BCUT2D eigenvalue weighted by Crippen LogP contribution is -2.28. The second-order valence-corrected chi connectivity index (χ2v) is 7.59. The number of aromatic nitrogens is 4. The first-order valence-corrected chi connectivity index (χ1v) is 10.2. The number of hydrogen-bond acceptors (Lipinski definition) is 7. The highest BCUT2D eigenvalue weighted by Gasteiger charge is 2.23. The topological polar surface area (TPSA) is 77.3 Å². The smallest absolute Gasteiger partial charge is 0.231 e. The Morgan fingerprint density at radius 3 is 2.93 bits per heavy atom. The van der Waals surface area contributed by atoms with Gasteiger partial charge in [0.15, 0.2) is 11.5 Å². The molecule has 8 heteroatoms. The van der Waals surface area contributed by atoms with E-state index in [-0.39, 0.29) is 6.79 Å². The first-order valence-electron chi connectivity index (χ1n) is 10.2. The maximum atomic E-state index is 5.44. The second-order valence-electron chi connectivity index (χ2n) is 7.59. The fourth-order valence-electron chi connectivity index (χ4n) is 3.64.